The first-order chi connectivity index (χ1) is 6.57. The summed E-state index contributed by atoms with van der Waals surface area (Å²) in [4.78, 5) is 0. The summed E-state index contributed by atoms with van der Waals surface area (Å²) >= 11 is 0. The topological polar surface area (TPSA) is 63.0 Å². The van der Waals surface area contributed by atoms with Crippen LogP contribution in [0.3, 0.4) is 0 Å². The van der Waals surface area contributed by atoms with E-state index in [-0.39, 0.29) is 0 Å². The lowest BCUT2D eigenvalue weighted by Gasteiger charge is -2.11. The van der Waals surface area contributed by atoms with Crippen LogP contribution in [0.1, 0.15) is 37.3 Å². The molecule has 0 amide bonds. The number of aromatic nitrogens is 3. The Labute approximate surface area is 84.1 Å². The van der Waals surface area contributed by atoms with Gasteiger partial charge in [0.05, 0.1) is 5.69 Å². The number of aliphatic hydroxyl groups is 1. The molecule has 14 heavy (non-hydrogen) atoms. The van der Waals surface area contributed by atoms with Gasteiger partial charge in [-0.1, -0.05) is 19.1 Å². The van der Waals surface area contributed by atoms with Gasteiger partial charge in [-0.15, -0.1) is 5.10 Å². The molecule has 0 radical (unpaired) electrons. The van der Waals surface area contributed by atoms with Crippen molar-refractivity contribution < 1.29 is 5.11 Å². The van der Waals surface area contributed by atoms with E-state index < -0.39 is 6.10 Å². The number of nitrogens with zero attached hydrogens (tertiary/aromatic N) is 3. The molecule has 1 heterocycles. The second-order valence-corrected chi connectivity index (χ2v) is 3.71. The minimum absolute atomic E-state index is 0.316. The van der Waals surface area contributed by atoms with Gasteiger partial charge in [-0.2, -0.15) is 0 Å². The Morgan fingerprint density at radius 3 is 2.64 bits per heavy atom. The Balaban J connectivity index is 2.96. The van der Waals surface area contributed by atoms with E-state index >= 15 is 0 Å². The number of hydrogen-bond donors (Lipinski definition) is 2. The van der Waals surface area contributed by atoms with E-state index in [9.17, 15) is 5.11 Å². The highest BCUT2D eigenvalue weighted by Crippen LogP contribution is 2.21. The van der Waals surface area contributed by atoms with E-state index in [0.717, 1.165) is 5.69 Å². The van der Waals surface area contributed by atoms with Gasteiger partial charge in [-0.3, -0.25) is 4.68 Å². The Bertz CT molecular complexity index is 295. The number of nitrogens with one attached hydrogen (secondary N) is 1. The molecule has 1 rings (SSSR count). The molecular formula is C9H18N4O. The fourth-order valence-corrected chi connectivity index (χ4v) is 1.58. The lowest BCUT2D eigenvalue weighted by molar-refractivity contribution is 0.171. The van der Waals surface area contributed by atoms with Crippen molar-refractivity contribution in [2.24, 2.45) is 7.05 Å². The Morgan fingerprint density at radius 2 is 2.14 bits per heavy atom. The van der Waals surface area contributed by atoms with Gasteiger partial charge in [0, 0.05) is 13.6 Å². The van der Waals surface area contributed by atoms with Gasteiger partial charge in [0.1, 0.15) is 11.8 Å². The zero-order chi connectivity index (χ0) is 10.7. The standard InChI is InChI=1S/C9H18N4O/c1-6(2)9-8(7(14)5-10-3)11-12-13(9)4/h6-7,10,14H,5H2,1-4H3. The molecular weight excluding hydrogens is 180 g/mol. The van der Waals surface area contributed by atoms with E-state index in [1.54, 1.807) is 11.7 Å². The van der Waals surface area contributed by atoms with Crippen LogP contribution in [0.5, 0.6) is 0 Å². The Kier molecular flexibility index (Phi) is 3.60. The van der Waals surface area contributed by atoms with Crippen LogP contribution in [0.25, 0.3) is 0 Å². The van der Waals surface area contributed by atoms with Crippen molar-refractivity contribution in [1.82, 2.24) is 20.3 Å². The van der Waals surface area contributed by atoms with E-state index in [1.807, 2.05) is 7.05 Å². The molecule has 80 valence electrons. The predicted molar refractivity (Wildman–Crippen MR) is 54.0 cm³/mol. The second kappa shape index (κ2) is 4.52. The average Bonchev–Trinajstić information content (AvgIpc) is 2.47. The van der Waals surface area contributed by atoms with Gasteiger partial charge in [0.25, 0.3) is 0 Å². The van der Waals surface area contributed by atoms with Gasteiger partial charge in [-0.05, 0) is 13.0 Å². The summed E-state index contributed by atoms with van der Waals surface area (Å²) in [6.45, 7) is 4.63. The molecule has 0 bridgehead atoms. The maximum atomic E-state index is 9.79. The zero-order valence-electron chi connectivity index (χ0n) is 9.15. The first-order valence-corrected chi connectivity index (χ1v) is 4.80. The van der Waals surface area contributed by atoms with Crippen molar-refractivity contribution in [3.05, 3.63) is 11.4 Å². The number of likely N-dealkylation sites (N-methyl/N-ethyl adjacent to an activating group) is 1. The summed E-state index contributed by atoms with van der Waals surface area (Å²) in [7, 11) is 3.65. The van der Waals surface area contributed by atoms with Gasteiger partial charge < -0.3 is 10.4 Å². The van der Waals surface area contributed by atoms with E-state index in [2.05, 4.69) is 29.5 Å². The average molecular weight is 198 g/mol. The lowest BCUT2D eigenvalue weighted by Crippen LogP contribution is -2.18. The van der Waals surface area contributed by atoms with Crippen LogP contribution in [-0.4, -0.2) is 33.7 Å². The smallest absolute Gasteiger partial charge is 0.116 e. The fraction of sp³-hybridized carbons (Fsp3) is 0.778. The molecule has 0 aliphatic heterocycles. The fourth-order valence-electron chi connectivity index (χ4n) is 1.58. The lowest BCUT2D eigenvalue weighted by atomic mass is 10.1. The van der Waals surface area contributed by atoms with Crippen molar-refractivity contribution in [2.45, 2.75) is 25.9 Å². The highest BCUT2D eigenvalue weighted by Gasteiger charge is 2.19. The molecule has 0 saturated heterocycles. The number of aliphatic hydroxyl groups excluding tert-OH is 1. The molecule has 1 aromatic rings. The Morgan fingerprint density at radius 1 is 1.50 bits per heavy atom. The SMILES string of the molecule is CNCC(O)c1nnn(C)c1C(C)C. The summed E-state index contributed by atoms with van der Waals surface area (Å²) < 4.78 is 1.72. The molecule has 0 spiro atoms. The molecule has 0 fully saturated rings. The third kappa shape index (κ3) is 2.10. The maximum Gasteiger partial charge on any atom is 0.116 e. The third-order valence-electron chi connectivity index (χ3n) is 2.16. The molecule has 2 N–H and O–H groups in total. The van der Waals surface area contributed by atoms with Crippen LogP contribution < -0.4 is 5.32 Å². The molecule has 0 aromatic carbocycles. The van der Waals surface area contributed by atoms with Crippen LogP contribution in [0.2, 0.25) is 0 Å². The van der Waals surface area contributed by atoms with E-state index in [4.69, 9.17) is 0 Å². The van der Waals surface area contributed by atoms with Crippen LogP contribution in [0.4, 0.5) is 0 Å². The van der Waals surface area contributed by atoms with Crippen LogP contribution in [0, 0.1) is 0 Å². The molecule has 0 saturated carbocycles. The number of rotatable bonds is 4. The minimum atomic E-state index is -0.578. The van der Waals surface area contributed by atoms with Crippen LogP contribution in [-0.2, 0) is 7.05 Å². The maximum absolute atomic E-state index is 9.79. The van der Waals surface area contributed by atoms with Crippen molar-refractivity contribution in [1.29, 1.82) is 0 Å². The molecule has 1 unspecified atom stereocenters. The summed E-state index contributed by atoms with van der Waals surface area (Å²) in [5.41, 5.74) is 1.67. The van der Waals surface area contributed by atoms with E-state index in [0.29, 0.717) is 18.2 Å². The van der Waals surface area contributed by atoms with Crippen LogP contribution >= 0.6 is 0 Å². The predicted octanol–water partition coefficient (Wildman–Crippen LogP) is 0.191. The first kappa shape index (κ1) is 11.1. The van der Waals surface area contributed by atoms with Gasteiger partial charge in [0.15, 0.2) is 0 Å². The minimum Gasteiger partial charge on any atom is -0.385 e. The normalized spacial score (nSPS) is 13.6. The molecule has 0 aliphatic carbocycles. The van der Waals surface area contributed by atoms with Crippen molar-refractivity contribution in [3.63, 3.8) is 0 Å². The largest absolute Gasteiger partial charge is 0.385 e. The Hall–Kier alpha value is -0.940. The number of aryl methyl sites for hydroxylation is 1. The molecule has 1 aromatic heterocycles. The zero-order valence-corrected chi connectivity index (χ0v) is 9.15. The highest BCUT2D eigenvalue weighted by atomic mass is 16.3. The monoisotopic (exact) mass is 198 g/mol. The first-order valence-electron chi connectivity index (χ1n) is 4.80. The molecule has 0 aliphatic rings. The number of hydrogen-bond acceptors (Lipinski definition) is 4. The van der Waals surface area contributed by atoms with Gasteiger partial charge in [0.2, 0.25) is 0 Å². The summed E-state index contributed by atoms with van der Waals surface area (Å²) in [6, 6.07) is 0. The second-order valence-electron chi connectivity index (χ2n) is 3.71. The molecule has 5 nitrogen and oxygen atoms in total. The third-order valence-corrected chi connectivity index (χ3v) is 2.16. The van der Waals surface area contributed by atoms with Crippen molar-refractivity contribution in [2.75, 3.05) is 13.6 Å². The van der Waals surface area contributed by atoms with Crippen molar-refractivity contribution in [3.8, 4) is 0 Å². The summed E-state index contributed by atoms with van der Waals surface area (Å²) in [6.07, 6.45) is -0.578. The molecule has 1 atom stereocenters. The summed E-state index contributed by atoms with van der Waals surface area (Å²) in [5.74, 6) is 0.316. The van der Waals surface area contributed by atoms with E-state index in [1.165, 1.54) is 0 Å². The van der Waals surface area contributed by atoms with Crippen molar-refractivity contribution >= 4 is 0 Å². The quantitative estimate of drug-likeness (QED) is 0.725. The highest BCUT2D eigenvalue weighted by molar-refractivity contribution is 5.16. The molecule has 5 heteroatoms. The summed E-state index contributed by atoms with van der Waals surface area (Å²) in [5, 5.41) is 20.6. The van der Waals surface area contributed by atoms with Gasteiger partial charge >= 0.3 is 0 Å². The van der Waals surface area contributed by atoms with Gasteiger partial charge in [-0.25, -0.2) is 0 Å². The van der Waals surface area contributed by atoms with Crippen LogP contribution in [0.15, 0.2) is 0 Å².